The van der Waals surface area contributed by atoms with Crippen LogP contribution in [0.1, 0.15) is 50.7 Å². The van der Waals surface area contributed by atoms with Gasteiger partial charge in [-0.15, -0.1) is 0 Å². The minimum absolute atomic E-state index is 0.849. The van der Waals surface area contributed by atoms with Crippen LogP contribution < -0.4 is 9.64 Å². The molecule has 0 aromatic heterocycles. The van der Waals surface area contributed by atoms with Gasteiger partial charge in [-0.25, -0.2) is 0 Å². The van der Waals surface area contributed by atoms with Gasteiger partial charge in [0.2, 0.25) is 0 Å². The van der Waals surface area contributed by atoms with Gasteiger partial charge < -0.3 is 9.64 Å². The predicted octanol–water partition coefficient (Wildman–Crippen LogP) is 3.17. The van der Waals surface area contributed by atoms with Crippen LogP contribution in [0, 0.1) is 13.8 Å². The fourth-order valence-corrected chi connectivity index (χ4v) is 2.58. The Morgan fingerprint density at radius 3 is 2.30 bits per heavy atom. The number of rotatable bonds is 10. The molecule has 0 atom stereocenters. The molecule has 0 amide bonds. The second kappa shape index (κ2) is 9.82. The van der Waals surface area contributed by atoms with E-state index in [1.165, 1.54) is 56.4 Å². The minimum Gasteiger partial charge on any atom is -0.493 e. The zero-order chi connectivity index (χ0) is 14.8. The molecule has 0 aliphatic rings. The van der Waals surface area contributed by atoms with Gasteiger partial charge in [0, 0.05) is 0 Å². The summed E-state index contributed by atoms with van der Waals surface area (Å²) in [6.45, 7) is 13.5. The van der Waals surface area contributed by atoms with Gasteiger partial charge >= 0.3 is 0 Å². The molecule has 1 aromatic carbocycles. The highest BCUT2D eigenvalue weighted by Gasteiger charge is 2.02. The maximum atomic E-state index is 5.86. The van der Waals surface area contributed by atoms with Crippen LogP contribution in [-0.2, 0) is 0 Å². The Bertz CT molecular complexity index is 372. The summed E-state index contributed by atoms with van der Waals surface area (Å²) in [5.74, 6) is 1.04. The molecule has 2 nitrogen and oxygen atoms in total. The first-order valence-corrected chi connectivity index (χ1v) is 8.21. The fraction of sp³-hybridized carbons (Fsp3) is 0.667. The average molecular weight is 278 g/mol. The van der Waals surface area contributed by atoms with Gasteiger partial charge in [0.1, 0.15) is 5.75 Å². The second-order valence-electron chi connectivity index (χ2n) is 5.74. The lowest BCUT2D eigenvalue weighted by Crippen LogP contribution is -3.11. The van der Waals surface area contributed by atoms with Crippen molar-refractivity contribution in [3.63, 3.8) is 0 Å². The maximum Gasteiger partial charge on any atom is 0.122 e. The highest BCUT2D eigenvalue weighted by molar-refractivity contribution is 5.35. The van der Waals surface area contributed by atoms with Gasteiger partial charge in [-0.1, -0.05) is 17.7 Å². The number of quaternary nitrogens is 1. The lowest BCUT2D eigenvalue weighted by molar-refractivity contribution is -0.896. The second-order valence-corrected chi connectivity index (χ2v) is 5.74. The number of benzene rings is 1. The Kier molecular flexibility index (Phi) is 8.36. The Morgan fingerprint density at radius 1 is 0.950 bits per heavy atom. The van der Waals surface area contributed by atoms with E-state index in [0.29, 0.717) is 0 Å². The first kappa shape index (κ1) is 17.0. The van der Waals surface area contributed by atoms with Gasteiger partial charge in [-0.2, -0.15) is 0 Å². The highest BCUT2D eigenvalue weighted by Crippen LogP contribution is 2.19. The first-order chi connectivity index (χ1) is 9.67. The molecule has 1 aromatic rings. The van der Waals surface area contributed by atoms with Crippen LogP contribution in [0.3, 0.4) is 0 Å². The van der Waals surface area contributed by atoms with Crippen LogP contribution in [-0.4, -0.2) is 26.2 Å². The van der Waals surface area contributed by atoms with Gasteiger partial charge in [-0.3, -0.25) is 0 Å². The number of aryl methyl sites for hydroxylation is 2. The molecular formula is C18H32NO+. The molecule has 0 saturated carbocycles. The summed E-state index contributed by atoms with van der Waals surface area (Å²) in [7, 11) is 0. The molecule has 114 valence electrons. The molecule has 0 bridgehead atoms. The lowest BCUT2D eigenvalue weighted by Gasteiger charge is -2.14. The summed E-state index contributed by atoms with van der Waals surface area (Å²) in [6.07, 6.45) is 5.13. The Morgan fingerprint density at radius 2 is 1.65 bits per heavy atom. The molecule has 2 heteroatoms. The smallest absolute Gasteiger partial charge is 0.122 e. The van der Waals surface area contributed by atoms with E-state index < -0.39 is 0 Å². The SMILES string of the molecule is CC[NH+](CC)CCCCCCOc1ccc(C)cc1C. The molecule has 0 aliphatic heterocycles. The van der Waals surface area contributed by atoms with E-state index in [4.69, 9.17) is 4.74 Å². The van der Waals surface area contributed by atoms with Crippen molar-refractivity contribution < 1.29 is 9.64 Å². The molecule has 0 unspecified atom stereocenters. The largest absolute Gasteiger partial charge is 0.493 e. The highest BCUT2D eigenvalue weighted by atomic mass is 16.5. The number of ether oxygens (including phenoxy) is 1. The van der Waals surface area contributed by atoms with E-state index >= 15 is 0 Å². The normalized spacial score (nSPS) is 11.1. The van der Waals surface area contributed by atoms with E-state index in [9.17, 15) is 0 Å². The molecule has 0 saturated heterocycles. The summed E-state index contributed by atoms with van der Waals surface area (Å²) >= 11 is 0. The third-order valence-corrected chi connectivity index (χ3v) is 4.01. The molecule has 1 N–H and O–H groups in total. The number of unbranched alkanes of at least 4 members (excludes halogenated alkanes) is 3. The van der Waals surface area contributed by atoms with Gasteiger partial charge in [0.05, 0.1) is 26.2 Å². The van der Waals surface area contributed by atoms with Crippen molar-refractivity contribution in [1.82, 2.24) is 0 Å². The zero-order valence-corrected chi connectivity index (χ0v) is 13.8. The summed E-state index contributed by atoms with van der Waals surface area (Å²) in [5, 5.41) is 0. The quantitative estimate of drug-likeness (QED) is 0.649. The van der Waals surface area contributed by atoms with E-state index in [1.54, 1.807) is 4.90 Å². The summed E-state index contributed by atoms with van der Waals surface area (Å²) in [6, 6.07) is 6.39. The van der Waals surface area contributed by atoms with Gasteiger partial charge in [0.15, 0.2) is 0 Å². The molecule has 0 fully saturated rings. The predicted molar refractivity (Wildman–Crippen MR) is 86.8 cm³/mol. The summed E-state index contributed by atoms with van der Waals surface area (Å²) in [4.78, 5) is 1.72. The monoisotopic (exact) mass is 278 g/mol. The topological polar surface area (TPSA) is 13.7 Å². The van der Waals surface area contributed by atoms with Crippen molar-refractivity contribution in [1.29, 1.82) is 0 Å². The summed E-state index contributed by atoms with van der Waals surface area (Å²) < 4.78 is 5.86. The molecule has 1 rings (SSSR count). The standard InChI is InChI=1S/C18H31NO/c1-5-19(6-2)13-9-7-8-10-14-20-18-12-11-16(3)15-17(18)4/h11-12,15H,5-10,13-14H2,1-4H3/p+1. The van der Waals surface area contributed by atoms with Crippen molar-refractivity contribution in [2.45, 2.75) is 53.4 Å². The molecular weight excluding hydrogens is 246 g/mol. The van der Waals surface area contributed by atoms with Crippen LogP contribution >= 0.6 is 0 Å². The van der Waals surface area contributed by atoms with Gasteiger partial charge in [-0.05, 0) is 65.0 Å². The van der Waals surface area contributed by atoms with Crippen LogP contribution in [0.15, 0.2) is 18.2 Å². The van der Waals surface area contributed by atoms with Crippen molar-refractivity contribution >= 4 is 0 Å². The van der Waals surface area contributed by atoms with Crippen molar-refractivity contribution in [2.24, 2.45) is 0 Å². The van der Waals surface area contributed by atoms with Crippen molar-refractivity contribution in [2.75, 3.05) is 26.2 Å². The third kappa shape index (κ3) is 6.42. The van der Waals surface area contributed by atoms with E-state index in [2.05, 4.69) is 45.9 Å². The molecule has 0 spiro atoms. The fourth-order valence-electron chi connectivity index (χ4n) is 2.58. The molecule has 0 aliphatic carbocycles. The van der Waals surface area contributed by atoms with Gasteiger partial charge in [0.25, 0.3) is 0 Å². The third-order valence-electron chi connectivity index (χ3n) is 4.01. The Balaban J connectivity index is 2.07. The van der Waals surface area contributed by atoms with Crippen LogP contribution in [0.5, 0.6) is 5.75 Å². The van der Waals surface area contributed by atoms with E-state index in [1.807, 2.05) is 0 Å². The molecule has 0 radical (unpaired) electrons. The summed E-state index contributed by atoms with van der Waals surface area (Å²) in [5.41, 5.74) is 2.55. The van der Waals surface area contributed by atoms with Crippen molar-refractivity contribution in [3.05, 3.63) is 29.3 Å². The Labute approximate surface area is 125 Å². The van der Waals surface area contributed by atoms with Crippen LogP contribution in [0.25, 0.3) is 0 Å². The van der Waals surface area contributed by atoms with Crippen molar-refractivity contribution in [3.8, 4) is 5.75 Å². The van der Waals surface area contributed by atoms with Crippen LogP contribution in [0.2, 0.25) is 0 Å². The lowest BCUT2D eigenvalue weighted by atomic mass is 10.1. The van der Waals surface area contributed by atoms with Crippen LogP contribution in [0.4, 0.5) is 0 Å². The number of hydrogen-bond donors (Lipinski definition) is 1. The Hall–Kier alpha value is -1.02. The number of nitrogens with one attached hydrogen (secondary N) is 1. The minimum atomic E-state index is 0.849. The number of hydrogen-bond acceptors (Lipinski definition) is 1. The average Bonchev–Trinajstić information content (AvgIpc) is 2.44. The molecule has 20 heavy (non-hydrogen) atoms. The van der Waals surface area contributed by atoms with E-state index in [0.717, 1.165) is 12.4 Å². The zero-order valence-electron chi connectivity index (χ0n) is 13.8. The first-order valence-electron chi connectivity index (χ1n) is 8.21. The van der Waals surface area contributed by atoms with E-state index in [-0.39, 0.29) is 0 Å². The molecule has 0 heterocycles. The maximum absolute atomic E-state index is 5.86.